The van der Waals surface area contributed by atoms with Gasteiger partial charge in [0.25, 0.3) is 5.56 Å². The number of H-pyrrole nitrogens is 1. The first-order valence-electron chi connectivity index (χ1n) is 7.16. The molecule has 7 heteroatoms. The molecule has 0 fully saturated rings. The molecule has 0 saturated carbocycles. The van der Waals surface area contributed by atoms with Gasteiger partial charge in [0.15, 0.2) is 5.76 Å². The standard InChI is InChI=1S/C16H15ClN4O2/c1-3-10-11-6-4-5-7-13(11)23-15(10)9(2)19-20-12-8-18-21-16(22)14(12)17/h4-8H,3H2,1-2H3,(H2,20,21,22)/b19-9-. The second-order valence-electron chi connectivity index (χ2n) is 5.00. The molecule has 0 aliphatic rings. The number of rotatable bonds is 4. The fraction of sp³-hybridized carbons (Fsp3) is 0.188. The van der Waals surface area contributed by atoms with Gasteiger partial charge in [-0.15, -0.1) is 0 Å². The summed E-state index contributed by atoms with van der Waals surface area (Å²) in [6, 6.07) is 7.87. The molecule has 1 aromatic carbocycles. The monoisotopic (exact) mass is 330 g/mol. The third kappa shape index (κ3) is 2.85. The van der Waals surface area contributed by atoms with E-state index in [0.717, 1.165) is 28.7 Å². The quantitative estimate of drug-likeness (QED) is 0.566. The van der Waals surface area contributed by atoms with E-state index in [1.165, 1.54) is 6.20 Å². The van der Waals surface area contributed by atoms with Crippen molar-refractivity contribution >= 4 is 34.0 Å². The fourth-order valence-corrected chi connectivity index (χ4v) is 2.53. The Morgan fingerprint density at radius 3 is 3.00 bits per heavy atom. The lowest BCUT2D eigenvalue weighted by molar-refractivity contribution is 0.599. The van der Waals surface area contributed by atoms with Crippen molar-refractivity contribution in [2.45, 2.75) is 20.3 Å². The molecule has 3 rings (SSSR count). The summed E-state index contributed by atoms with van der Waals surface area (Å²) in [6.45, 7) is 3.90. The largest absolute Gasteiger partial charge is 0.454 e. The van der Waals surface area contributed by atoms with Crippen molar-refractivity contribution in [1.82, 2.24) is 10.2 Å². The second kappa shape index (κ2) is 6.26. The molecule has 6 nitrogen and oxygen atoms in total. The first-order valence-corrected chi connectivity index (χ1v) is 7.54. The average molecular weight is 331 g/mol. The molecule has 0 amide bonds. The number of fused-ring (bicyclic) bond motifs is 1. The minimum absolute atomic E-state index is 0.0110. The molecule has 2 N–H and O–H groups in total. The van der Waals surface area contributed by atoms with Crippen LogP contribution in [0.3, 0.4) is 0 Å². The number of nitrogens with zero attached hydrogens (tertiary/aromatic N) is 2. The Bertz CT molecular complexity index is 943. The van der Waals surface area contributed by atoms with Crippen LogP contribution in [0, 0.1) is 0 Å². The second-order valence-corrected chi connectivity index (χ2v) is 5.37. The van der Waals surface area contributed by atoms with E-state index in [4.69, 9.17) is 16.0 Å². The molecule has 0 bridgehead atoms. The van der Waals surface area contributed by atoms with Gasteiger partial charge < -0.3 is 4.42 Å². The summed E-state index contributed by atoms with van der Waals surface area (Å²) in [5.41, 5.74) is 5.21. The molecule has 0 aliphatic carbocycles. The summed E-state index contributed by atoms with van der Waals surface area (Å²) in [6.07, 6.45) is 2.23. The number of anilines is 1. The van der Waals surface area contributed by atoms with Crippen LogP contribution in [0.15, 0.2) is 44.8 Å². The van der Waals surface area contributed by atoms with Crippen LogP contribution in [0.2, 0.25) is 5.02 Å². The maximum atomic E-state index is 11.4. The van der Waals surface area contributed by atoms with Crippen LogP contribution in [-0.4, -0.2) is 15.9 Å². The van der Waals surface area contributed by atoms with Gasteiger partial charge in [-0.25, -0.2) is 5.10 Å². The third-order valence-corrected chi connectivity index (χ3v) is 3.90. The highest BCUT2D eigenvalue weighted by molar-refractivity contribution is 6.32. The van der Waals surface area contributed by atoms with E-state index in [2.05, 4.69) is 27.6 Å². The maximum absolute atomic E-state index is 11.4. The van der Waals surface area contributed by atoms with E-state index < -0.39 is 5.56 Å². The first-order chi connectivity index (χ1) is 11.1. The maximum Gasteiger partial charge on any atom is 0.285 e. The van der Waals surface area contributed by atoms with Gasteiger partial charge >= 0.3 is 0 Å². The van der Waals surface area contributed by atoms with Crippen LogP contribution in [-0.2, 0) is 6.42 Å². The van der Waals surface area contributed by atoms with Crippen LogP contribution >= 0.6 is 11.6 Å². The van der Waals surface area contributed by atoms with Crippen LogP contribution in [0.4, 0.5) is 5.69 Å². The highest BCUT2D eigenvalue weighted by Crippen LogP contribution is 2.27. The molecule has 0 radical (unpaired) electrons. The smallest absolute Gasteiger partial charge is 0.285 e. The Balaban J connectivity index is 1.98. The Morgan fingerprint density at radius 1 is 1.43 bits per heavy atom. The zero-order chi connectivity index (χ0) is 16.4. The number of benzene rings is 1. The number of hydrogen-bond acceptors (Lipinski definition) is 5. The molecule has 0 spiro atoms. The number of furan rings is 1. The molecule has 23 heavy (non-hydrogen) atoms. The zero-order valence-corrected chi connectivity index (χ0v) is 13.4. The predicted octanol–water partition coefficient (Wildman–Crippen LogP) is 3.57. The van der Waals surface area contributed by atoms with Gasteiger partial charge in [0, 0.05) is 10.9 Å². The van der Waals surface area contributed by atoms with Crippen LogP contribution in [0.25, 0.3) is 11.0 Å². The summed E-state index contributed by atoms with van der Waals surface area (Å²) in [4.78, 5) is 11.4. The SMILES string of the molecule is CCc1c(/C(C)=N\Nc2cn[nH]c(=O)c2Cl)oc2ccccc12. The number of nitrogens with one attached hydrogen (secondary N) is 2. The molecule has 3 aromatic rings. The number of aromatic amines is 1. The van der Waals surface area contributed by atoms with Crippen molar-refractivity contribution in [3.05, 3.63) is 57.2 Å². The minimum Gasteiger partial charge on any atom is -0.454 e. The summed E-state index contributed by atoms with van der Waals surface area (Å²) < 4.78 is 5.91. The topological polar surface area (TPSA) is 83.3 Å². The molecule has 2 heterocycles. The van der Waals surface area contributed by atoms with Crippen LogP contribution in [0.1, 0.15) is 25.2 Å². The fourth-order valence-electron chi connectivity index (χ4n) is 2.40. The van der Waals surface area contributed by atoms with Gasteiger partial charge in [0.1, 0.15) is 22.0 Å². The van der Waals surface area contributed by atoms with Gasteiger partial charge in [0.2, 0.25) is 0 Å². The Kier molecular flexibility index (Phi) is 4.16. The number of para-hydroxylation sites is 1. The molecule has 0 unspecified atom stereocenters. The number of halogens is 1. The van der Waals surface area contributed by atoms with Crippen LogP contribution < -0.4 is 11.0 Å². The van der Waals surface area contributed by atoms with E-state index >= 15 is 0 Å². The average Bonchev–Trinajstić information content (AvgIpc) is 2.94. The predicted molar refractivity (Wildman–Crippen MR) is 91.3 cm³/mol. The third-order valence-electron chi connectivity index (χ3n) is 3.52. The minimum atomic E-state index is -0.470. The Hall–Kier alpha value is -2.60. The van der Waals surface area contributed by atoms with Crippen molar-refractivity contribution in [3.8, 4) is 0 Å². The van der Waals surface area contributed by atoms with Crippen molar-refractivity contribution in [1.29, 1.82) is 0 Å². The van der Waals surface area contributed by atoms with E-state index in [1.54, 1.807) is 0 Å². The lowest BCUT2D eigenvalue weighted by Crippen LogP contribution is -2.10. The van der Waals surface area contributed by atoms with Gasteiger partial charge in [-0.3, -0.25) is 10.2 Å². The summed E-state index contributed by atoms with van der Waals surface area (Å²) in [5.74, 6) is 0.718. The number of hydrogen-bond donors (Lipinski definition) is 2. The number of hydrazone groups is 1. The first kappa shape index (κ1) is 15.3. The molecular formula is C16H15ClN4O2. The molecule has 2 aromatic heterocycles. The molecule has 118 valence electrons. The summed E-state index contributed by atoms with van der Waals surface area (Å²) >= 11 is 5.91. The van der Waals surface area contributed by atoms with Gasteiger partial charge in [-0.1, -0.05) is 36.7 Å². The normalized spacial score (nSPS) is 11.9. The highest BCUT2D eigenvalue weighted by Gasteiger charge is 2.15. The number of aryl methyl sites for hydroxylation is 1. The van der Waals surface area contributed by atoms with Gasteiger partial charge in [-0.05, 0) is 19.4 Å². The number of aromatic nitrogens is 2. The summed E-state index contributed by atoms with van der Waals surface area (Å²) in [5, 5.41) is 11.3. The van der Waals surface area contributed by atoms with E-state index in [9.17, 15) is 4.79 Å². The Labute approximate surface area is 137 Å². The van der Waals surface area contributed by atoms with E-state index in [1.807, 2.05) is 31.2 Å². The van der Waals surface area contributed by atoms with E-state index in [0.29, 0.717) is 11.4 Å². The van der Waals surface area contributed by atoms with Crippen molar-refractivity contribution < 1.29 is 4.42 Å². The molecule has 0 aliphatic heterocycles. The van der Waals surface area contributed by atoms with Crippen LogP contribution in [0.5, 0.6) is 0 Å². The highest BCUT2D eigenvalue weighted by atomic mass is 35.5. The van der Waals surface area contributed by atoms with Crippen molar-refractivity contribution in [2.75, 3.05) is 5.43 Å². The lowest BCUT2D eigenvalue weighted by Gasteiger charge is -2.03. The zero-order valence-electron chi connectivity index (χ0n) is 12.7. The van der Waals surface area contributed by atoms with E-state index in [-0.39, 0.29) is 5.02 Å². The van der Waals surface area contributed by atoms with Gasteiger partial charge in [-0.2, -0.15) is 10.2 Å². The lowest BCUT2D eigenvalue weighted by atomic mass is 10.1. The molecule has 0 saturated heterocycles. The Morgan fingerprint density at radius 2 is 2.22 bits per heavy atom. The molecular weight excluding hydrogens is 316 g/mol. The summed E-state index contributed by atoms with van der Waals surface area (Å²) in [7, 11) is 0. The molecule has 0 atom stereocenters. The van der Waals surface area contributed by atoms with Gasteiger partial charge in [0.05, 0.1) is 6.20 Å². The van der Waals surface area contributed by atoms with Crippen molar-refractivity contribution in [2.24, 2.45) is 5.10 Å². The van der Waals surface area contributed by atoms with Crippen molar-refractivity contribution in [3.63, 3.8) is 0 Å².